The molecule has 4 heterocycles. The van der Waals surface area contributed by atoms with Gasteiger partial charge in [0.1, 0.15) is 6.04 Å². The number of nitrogens with one attached hydrogen (secondary N) is 5. The number of amides is 6. The van der Waals surface area contributed by atoms with Crippen molar-refractivity contribution in [2.75, 3.05) is 29.0 Å². The number of fused-ring (bicyclic) bond motifs is 1. The summed E-state index contributed by atoms with van der Waals surface area (Å²) in [5.41, 5.74) is 2.27. The van der Waals surface area contributed by atoms with E-state index in [9.17, 15) is 47.3 Å². The molecule has 0 bridgehead atoms. The molecule has 22 heteroatoms. The molecule has 0 aliphatic carbocycles. The normalized spacial score (nSPS) is 14.9. The summed E-state index contributed by atoms with van der Waals surface area (Å²) in [7, 11) is -2.83. The third-order valence-corrected chi connectivity index (χ3v) is 12.0. The number of ether oxygens (including phenoxy) is 1. The molecule has 1 fully saturated rings. The maximum Gasteiger partial charge on any atom is 0.324 e. The SMILES string of the molecule is COc1nc(CCCNC(=O)CCCCC(=O)Nc2cccc3c2CN(C2CCC(=O)NC2=O)C3=O)cnc1NS(=O)(=O)c1ccc(NC(=O)/C=C/c2ccc([N+](=O)[O-])s2)cc1. The Morgan fingerprint density at radius 2 is 1.77 bits per heavy atom. The molecule has 2 aliphatic rings. The molecule has 4 aromatic rings. The lowest BCUT2D eigenvalue weighted by atomic mass is 10.0. The van der Waals surface area contributed by atoms with Crippen LogP contribution in [0.3, 0.4) is 0 Å². The summed E-state index contributed by atoms with van der Waals surface area (Å²) in [4.78, 5) is 95.2. The maximum atomic E-state index is 13.1. The fraction of sp³-hybridized carbons (Fsp3) is 0.300. The Morgan fingerprint density at radius 1 is 1.02 bits per heavy atom. The number of nitrogens with zero attached hydrogens (tertiary/aromatic N) is 4. The van der Waals surface area contributed by atoms with Crippen molar-refractivity contribution in [3.63, 3.8) is 0 Å². The van der Waals surface area contributed by atoms with Gasteiger partial charge in [0.15, 0.2) is 0 Å². The van der Waals surface area contributed by atoms with Gasteiger partial charge in [-0.1, -0.05) is 17.4 Å². The van der Waals surface area contributed by atoms with Gasteiger partial charge in [0.05, 0.1) is 28.8 Å². The van der Waals surface area contributed by atoms with Crippen LogP contribution >= 0.6 is 11.3 Å². The number of carbonyl (C=O) groups is 6. The number of imide groups is 1. The zero-order valence-corrected chi connectivity index (χ0v) is 34.8. The number of anilines is 3. The lowest BCUT2D eigenvalue weighted by Crippen LogP contribution is -2.52. The molecular formula is C40H41N9O11S2. The molecule has 0 radical (unpaired) electrons. The van der Waals surface area contributed by atoms with Crippen LogP contribution in [0.5, 0.6) is 5.88 Å². The summed E-state index contributed by atoms with van der Waals surface area (Å²) in [6.07, 6.45) is 6.54. The second kappa shape index (κ2) is 20.0. The van der Waals surface area contributed by atoms with Crippen LogP contribution in [0.4, 0.5) is 22.2 Å². The van der Waals surface area contributed by atoms with Gasteiger partial charge in [-0.15, -0.1) is 0 Å². The fourth-order valence-electron chi connectivity index (χ4n) is 6.59. The number of methoxy groups -OCH3 is 1. The van der Waals surface area contributed by atoms with Gasteiger partial charge in [-0.3, -0.25) is 48.9 Å². The van der Waals surface area contributed by atoms with Gasteiger partial charge in [-0.05, 0) is 80.6 Å². The van der Waals surface area contributed by atoms with Crippen molar-refractivity contribution in [3.05, 3.63) is 98.7 Å². The van der Waals surface area contributed by atoms with Crippen molar-refractivity contribution in [3.8, 4) is 5.88 Å². The van der Waals surface area contributed by atoms with Gasteiger partial charge in [0, 0.05) is 71.9 Å². The Bertz CT molecular complexity index is 2540. The minimum Gasteiger partial charge on any atom is -0.478 e. The molecule has 2 aromatic heterocycles. The van der Waals surface area contributed by atoms with Crippen LogP contribution in [-0.4, -0.2) is 83.3 Å². The first-order chi connectivity index (χ1) is 29.7. The van der Waals surface area contributed by atoms with Crippen molar-refractivity contribution in [1.29, 1.82) is 0 Å². The van der Waals surface area contributed by atoms with E-state index in [-0.39, 0.29) is 77.5 Å². The lowest BCUT2D eigenvalue weighted by Gasteiger charge is -2.29. The zero-order valence-electron chi connectivity index (χ0n) is 33.2. The number of thiophene rings is 1. The molecule has 324 valence electrons. The summed E-state index contributed by atoms with van der Waals surface area (Å²) in [6, 6.07) is 12.4. The molecule has 0 spiro atoms. The lowest BCUT2D eigenvalue weighted by molar-refractivity contribution is -0.380. The molecule has 6 rings (SSSR count). The highest BCUT2D eigenvalue weighted by molar-refractivity contribution is 7.92. The van der Waals surface area contributed by atoms with E-state index in [1.807, 2.05) is 0 Å². The van der Waals surface area contributed by atoms with E-state index in [1.165, 1.54) is 66.8 Å². The Kier molecular flexibility index (Phi) is 14.3. The molecule has 20 nitrogen and oxygen atoms in total. The summed E-state index contributed by atoms with van der Waals surface area (Å²) in [5.74, 6) is -2.43. The highest BCUT2D eigenvalue weighted by Gasteiger charge is 2.40. The topological polar surface area (TPSA) is 278 Å². The predicted octanol–water partition coefficient (Wildman–Crippen LogP) is 3.92. The maximum absolute atomic E-state index is 13.1. The average molecular weight is 888 g/mol. The Morgan fingerprint density at radius 3 is 2.48 bits per heavy atom. The number of piperidine rings is 1. The third-order valence-electron chi connectivity index (χ3n) is 9.68. The Labute approximate surface area is 358 Å². The Hall–Kier alpha value is -7.07. The number of unbranched alkanes of at least 4 members (excludes halogenated alkanes) is 1. The van der Waals surface area contributed by atoms with Gasteiger partial charge in [0.25, 0.3) is 21.8 Å². The number of aromatic nitrogens is 2. The van der Waals surface area contributed by atoms with E-state index in [2.05, 4.69) is 36.0 Å². The van der Waals surface area contributed by atoms with Gasteiger partial charge in [-0.25, -0.2) is 18.4 Å². The second-order valence-electron chi connectivity index (χ2n) is 14.0. The molecule has 2 aliphatic heterocycles. The van der Waals surface area contributed by atoms with Crippen molar-refractivity contribution in [2.45, 2.75) is 68.8 Å². The highest BCUT2D eigenvalue weighted by Crippen LogP contribution is 2.33. The minimum absolute atomic E-state index is 0.0542. The average Bonchev–Trinajstić information content (AvgIpc) is 3.86. The van der Waals surface area contributed by atoms with Crippen LogP contribution in [0.2, 0.25) is 0 Å². The number of carbonyl (C=O) groups excluding carboxylic acids is 6. The number of hydrogen-bond donors (Lipinski definition) is 5. The molecular weight excluding hydrogens is 847 g/mol. The summed E-state index contributed by atoms with van der Waals surface area (Å²) in [5, 5.41) is 21.3. The van der Waals surface area contributed by atoms with E-state index in [1.54, 1.807) is 18.2 Å². The van der Waals surface area contributed by atoms with Gasteiger partial charge in [-0.2, -0.15) is 0 Å². The number of hydrogen-bond acceptors (Lipinski definition) is 14. The summed E-state index contributed by atoms with van der Waals surface area (Å²) >= 11 is 0.914. The van der Waals surface area contributed by atoms with Crippen LogP contribution in [0.1, 0.15) is 71.4 Å². The number of aryl methyl sites for hydroxylation is 1. The standard InChI is InChI=1S/C40H41N9O11S2/c1-60-39-37(47-62(58,59)27-15-11-24(12-16-27)43-34(52)18-13-26-14-20-36(61-26)49(56)57)42-22-25(44-39)6-5-21-41-32(50)9-2-3-10-33(51)45-30-8-4-7-28-29(30)23-48(40(28)55)31-17-19-35(53)46-38(31)54/h4,7-8,11-16,18,20,22,31H,2-3,5-6,9-10,17,19,21,23H2,1H3,(H,41,50)(H,42,47)(H,43,52)(H,45,51)(H,46,53,54)/b18-13+. The van der Waals surface area contributed by atoms with Crippen molar-refractivity contribution >= 4 is 85.1 Å². The minimum atomic E-state index is -4.14. The van der Waals surface area contributed by atoms with Gasteiger partial charge in [0.2, 0.25) is 35.4 Å². The van der Waals surface area contributed by atoms with Crippen molar-refractivity contribution in [1.82, 2.24) is 25.5 Å². The smallest absolute Gasteiger partial charge is 0.324 e. The first-order valence-corrected chi connectivity index (χ1v) is 21.6. The molecule has 1 atom stereocenters. The molecule has 6 amide bonds. The number of nitro groups is 1. The first kappa shape index (κ1) is 44.5. The molecule has 62 heavy (non-hydrogen) atoms. The van der Waals surface area contributed by atoms with Crippen LogP contribution in [0, 0.1) is 10.1 Å². The van der Waals surface area contributed by atoms with E-state index in [0.29, 0.717) is 65.3 Å². The number of benzene rings is 2. The zero-order chi connectivity index (χ0) is 44.4. The van der Waals surface area contributed by atoms with E-state index in [0.717, 1.165) is 11.3 Å². The van der Waals surface area contributed by atoms with E-state index in [4.69, 9.17) is 4.74 Å². The Balaban J connectivity index is 0.886. The third kappa shape index (κ3) is 11.4. The van der Waals surface area contributed by atoms with Gasteiger partial charge < -0.3 is 25.6 Å². The number of rotatable bonds is 19. The quantitative estimate of drug-likeness (QED) is 0.0294. The summed E-state index contributed by atoms with van der Waals surface area (Å²) in [6.45, 7) is 0.460. The van der Waals surface area contributed by atoms with Crippen LogP contribution < -0.4 is 30.7 Å². The van der Waals surface area contributed by atoms with Crippen molar-refractivity contribution in [2.24, 2.45) is 0 Å². The van der Waals surface area contributed by atoms with Crippen LogP contribution in [-0.2, 0) is 47.0 Å². The number of sulfonamides is 1. The van der Waals surface area contributed by atoms with Crippen molar-refractivity contribution < 1.29 is 46.8 Å². The van der Waals surface area contributed by atoms with Crippen LogP contribution in [0.15, 0.2) is 71.8 Å². The second-order valence-corrected chi connectivity index (χ2v) is 16.8. The molecule has 1 saturated heterocycles. The van der Waals surface area contributed by atoms with E-state index < -0.39 is 32.8 Å². The van der Waals surface area contributed by atoms with E-state index >= 15 is 0 Å². The molecule has 0 saturated carbocycles. The monoisotopic (exact) mass is 887 g/mol. The largest absolute Gasteiger partial charge is 0.478 e. The predicted molar refractivity (Wildman–Crippen MR) is 225 cm³/mol. The first-order valence-electron chi connectivity index (χ1n) is 19.3. The molecule has 5 N–H and O–H groups in total. The highest BCUT2D eigenvalue weighted by atomic mass is 32.2. The van der Waals surface area contributed by atoms with Crippen LogP contribution in [0.25, 0.3) is 6.08 Å². The molecule has 2 aromatic carbocycles. The fourth-order valence-corrected chi connectivity index (χ4v) is 8.32. The molecule has 1 unspecified atom stereocenters. The summed E-state index contributed by atoms with van der Waals surface area (Å²) < 4.78 is 33.9. The van der Waals surface area contributed by atoms with Gasteiger partial charge >= 0.3 is 5.00 Å².